The smallest absolute Gasteiger partial charge is 0.318 e. The lowest BCUT2D eigenvalue weighted by Crippen LogP contribution is -2.31. The van der Waals surface area contributed by atoms with Crippen molar-refractivity contribution in [3.05, 3.63) is 36.0 Å². The number of primary amides is 1. The van der Waals surface area contributed by atoms with Crippen LogP contribution in [-0.4, -0.2) is 23.3 Å². The van der Waals surface area contributed by atoms with Crippen LogP contribution in [0.2, 0.25) is 0 Å². The molecule has 1 heterocycles. The van der Waals surface area contributed by atoms with Gasteiger partial charge in [-0.1, -0.05) is 13.8 Å². The number of carbonyl (C=O) groups is 1. The molecular formula is C16H22N4O3. The van der Waals surface area contributed by atoms with Crippen molar-refractivity contribution in [3.8, 4) is 5.75 Å². The summed E-state index contributed by atoms with van der Waals surface area (Å²) in [5, 5.41) is 8.04. The van der Waals surface area contributed by atoms with Gasteiger partial charge >= 0.3 is 6.03 Å². The van der Waals surface area contributed by atoms with E-state index in [0.717, 1.165) is 6.42 Å². The highest BCUT2D eigenvalue weighted by Crippen LogP contribution is 2.24. The van der Waals surface area contributed by atoms with E-state index in [2.05, 4.69) is 24.0 Å². The number of nitrogens with two attached hydrogens (primary N) is 1. The number of benzene rings is 1. The summed E-state index contributed by atoms with van der Waals surface area (Å²) in [7, 11) is 1.61. The summed E-state index contributed by atoms with van der Waals surface area (Å²) in [6, 6.07) is 6.51. The molecule has 0 spiro atoms. The summed E-state index contributed by atoms with van der Waals surface area (Å²) < 4.78 is 11.4. The van der Waals surface area contributed by atoms with Crippen LogP contribution >= 0.6 is 0 Å². The van der Waals surface area contributed by atoms with E-state index in [-0.39, 0.29) is 6.10 Å². The van der Waals surface area contributed by atoms with Crippen LogP contribution in [0.4, 0.5) is 10.5 Å². The maximum atomic E-state index is 11.1. The van der Waals surface area contributed by atoms with Gasteiger partial charge in [-0.25, -0.2) is 4.79 Å². The molecule has 0 aliphatic carbocycles. The van der Waals surface area contributed by atoms with Gasteiger partial charge in [0.15, 0.2) is 6.10 Å². The number of ether oxygens (including phenoxy) is 1. The fraction of sp³-hybridized carbons (Fsp3) is 0.438. The van der Waals surface area contributed by atoms with Gasteiger partial charge in [-0.15, -0.1) is 10.2 Å². The van der Waals surface area contributed by atoms with E-state index < -0.39 is 6.03 Å². The second-order valence-electron chi connectivity index (χ2n) is 5.78. The first kappa shape index (κ1) is 16.8. The lowest BCUT2D eigenvalue weighted by Gasteiger charge is -2.15. The van der Waals surface area contributed by atoms with Gasteiger partial charge in [-0.05, 0) is 37.1 Å². The number of hydrogen-bond acceptors (Lipinski definition) is 5. The second kappa shape index (κ2) is 7.13. The van der Waals surface area contributed by atoms with Crippen molar-refractivity contribution in [3.63, 3.8) is 0 Å². The van der Waals surface area contributed by atoms with Crippen LogP contribution in [0.3, 0.4) is 0 Å². The van der Waals surface area contributed by atoms with Crippen LogP contribution in [0.5, 0.6) is 5.75 Å². The van der Waals surface area contributed by atoms with Crippen LogP contribution in [0.1, 0.15) is 38.7 Å². The van der Waals surface area contributed by atoms with Gasteiger partial charge < -0.3 is 14.9 Å². The van der Waals surface area contributed by atoms with Crippen molar-refractivity contribution in [2.75, 3.05) is 11.9 Å². The molecule has 0 saturated heterocycles. The minimum Gasteiger partial charge on any atom is -0.481 e. The second-order valence-corrected chi connectivity index (χ2v) is 5.78. The van der Waals surface area contributed by atoms with E-state index in [4.69, 9.17) is 14.9 Å². The summed E-state index contributed by atoms with van der Waals surface area (Å²) in [5.74, 6) is 2.15. The predicted molar refractivity (Wildman–Crippen MR) is 86.3 cm³/mol. The maximum Gasteiger partial charge on any atom is 0.318 e. The van der Waals surface area contributed by atoms with Crippen molar-refractivity contribution in [1.82, 2.24) is 10.2 Å². The van der Waals surface area contributed by atoms with Crippen molar-refractivity contribution in [2.45, 2.75) is 33.3 Å². The zero-order valence-corrected chi connectivity index (χ0v) is 13.8. The van der Waals surface area contributed by atoms with Gasteiger partial charge in [-0.3, -0.25) is 4.90 Å². The van der Waals surface area contributed by atoms with E-state index in [1.54, 1.807) is 31.3 Å². The third kappa shape index (κ3) is 4.45. The SMILES string of the molecule is CC(C)Cc1nnc(C(C)Oc2ccc(N(C)C(N)=O)cc2)o1. The molecule has 7 heteroatoms. The normalized spacial score (nSPS) is 12.2. The highest BCUT2D eigenvalue weighted by molar-refractivity contribution is 5.90. The van der Waals surface area contributed by atoms with Crippen molar-refractivity contribution >= 4 is 11.7 Å². The highest BCUT2D eigenvalue weighted by Gasteiger charge is 2.16. The first-order valence-corrected chi connectivity index (χ1v) is 7.49. The molecular weight excluding hydrogens is 296 g/mol. The standard InChI is InChI=1S/C16H22N4O3/c1-10(2)9-14-18-19-15(23-14)11(3)22-13-7-5-12(6-8-13)20(4)16(17)21/h5-8,10-11H,9H2,1-4H3,(H2,17,21). The molecule has 2 rings (SSSR count). The van der Waals surface area contributed by atoms with Crippen LogP contribution < -0.4 is 15.4 Å². The maximum absolute atomic E-state index is 11.1. The minimum atomic E-state index is -0.518. The monoisotopic (exact) mass is 318 g/mol. The Kier molecular flexibility index (Phi) is 5.20. The Hall–Kier alpha value is -2.57. The van der Waals surface area contributed by atoms with E-state index in [0.29, 0.717) is 29.1 Å². The molecule has 124 valence electrons. The number of aromatic nitrogens is 2. The van der Waals surface area contributed by atoms with Crippen molar-refractivity contribution in [2.24, 2.45) is 11.7 Å². The fourth-order valence-corrected chi connectivity index (χ4v) is 1.99. The summed E-state index contributed by atoms with van der Waals surface area (Å²) in [5.41, 5.74) is 5.92. The van der Waals surface area contributed by atoms with Crippen LogP contribution in [0.15, 0.2) is 28.7 Å². The highest BCUT2D eigenvalue weighted by atomic mass is 16.5. The quantitative estimate of drug-likeness (QED) is 0.883. The molecule has 23 heavy (non-hydrogen) atoms. The summed E-state index contributed by atoms with van der Waals surface area (Å²) in [6.07, 6.45) is 0.386. The number of amides is 2. The number of carbonyl (C=O) groups excluding carboxylic acids is 1. The molecule has 2 amide bonds. The number of anilines is 1. The van der Waals surface area contributed by atoms with Crippen molar-refractivity contribution in [1.29, 1.82) is 0 Å². The molecule has 0 aliphatic heterocycles. The summed E-state index contributed by atoms with van der Waals surface area (Å²) >= 11 is 0. The van der Waals surface area contributed by atoms with Gasteiger partial charge in [-0.2, -0.15) is 0 Å². The molecule has 2 N–H and O–H groups in total. The average molecular weight is 318 g/mol. The molecule has 0 fully saturated rings. The molecule has 0 bridgehead atoms. The molecule has 1 aromatic carbocycles. The Morgan fingerprint density at radius 1 is 1.26 bits per heavy atom. The number of nitrogens with zero attached hydrogens (tertiary/aromatic N) is 3. The molecule has 1 aromatic heterocycles. The van der Waals surface area contributed by atoms with E-state index in [9.17, 15) is 4.79 Å². The fourth-order valence-electron chi connectivity index (χ4n) is 1.99. The predicted octanol–water partition coefficient (Wildman–Crippen LogP) is 2.92. The Morgan fingerprint density at radius 3 is 2.48 bits per heavy atom. The molecule has 0 saturated carbocycles. The first-order valence-electron chi connectivity index (χ1n) is 7.49. The molecule has 1 unspecified atom stereocenters. The van der Waals surface area contributed by atoms with Crippen LogP contribution in [0, 0.1) is 5.92 Å². The van der Waals surface area contributed by atoms with Crippen LogP contribution in [0.25, 0.3) is 0 Å². The molecule has 1 atom stereocenters. The molecule has 7 nitrogen and oxygen atoms in total. The summed E-state index contributed by atoms with van der Waals surface area (Å²) in [4.78, 5) is 12.5. The van der Waals surface area contributed by atoms with Gasteiger partial charge in [0.1, 0.15) is 5.75 Å². The number of urea groups is 1. The van der Waals surface area contributed by atoms with Crippen LogP contribution in [-0.2, 0) is 6.42 Å². The Labute approximate surface area is 135 Å². The largest absolute Gasteiger partial charge is 0.481 e. The van der Waals surface area contributed by atoms with Gasteiger partial charge in [0.2, 0.25) is 5.89 Å². The van der Waals surface area contributed by atoms with Crippen molar-refractivity contribution < 1.29 is 13.9 Å². The van der Waals surface area contributed by atoms with E-state index in [1.165, 1.54) is 4.90 Å². The zero-order valence-electron chi connectivity index (χ0n) is 13.8. The average Bonchev–Trinajstić information content (AvgIpc) is 2.95. The topological polar surface area (TPSA) is 94.5 Å². The Bertz CT molecular complexity index is 652. The van der Waals surface area contributed by atoms with E-state index >= 15 is 0 Å². The number of rotatable bonds is 6. The third-order valence-corrected chi connectivity index (χ3v) is 3.28. The lowest BCUT2D eigenvalue weighted by atomic mass is 10.1. The summed E-state index contributed by atoms with van der Waals surface area (Å²) in [6.45, 7) is 6.03. The number of hydrogen-bond donors (Lipinski definition) is 1. The molecule has 0 radical (unpaired) electrons. The molecule has 2 aromatic rings. The first-order chi connectivity index (χ1) is 10.9. The molecule has 0 aliphatic rings. The Balaban J connectivity index is 2.01. The van der Waals surface area contributed by atoms with Gasteiger partial charge in [0.25, 0.3) is 5.89 Å². The Morgan fingerprint density at radius 2 is 1.91 bits per heavy atom. The van der Waals surface area contributed by atoms with Gasteiger partial charge in [0.05, 0.1) is 0 Å². The third-order valence-electron chi connectivity index (χ3n) is 3.28. The lowest BCUT2D eigenvalue weighted by molar-refractivity contribution is 0.185. The van der Waals surface area contributed by atoms with Gasteiger partial charge in [0, 0.05) is 19.2 Å². The zero-order chi connectivity index (χ0) is 17.0. The van der Waals surface area contributed by atoms with E-state index in [1.807, 2.05) is 6.92 Å². The minimum absolute atomic E-state index is 0.358.